The second kappa shape index (κ2) is 11.2. The first-order valence-electron chi connectivity index (χ1n) is 13.7. The highest BCUT2D eigenvalue weighted by Gasteiger charge is 2.66. The molecule has 42 heavy (non-hydrogen) atoms. The predicted octanol–water partition coefficient (Wildman–Crippen LogP) is 5.07. The highest BCUT2D eigenvalue weighted by molar-refractivity contribution is 7.80. The molecule has 0 aromatic heterocycles. The van der Waals surface area contributed by atoms with Gasteiger partial charge in [0.05, 0.1) is 11.8 Å². The zero-order valence-electron chi connectivity index (χ0n) is 22.6. The molecular formula is C34H29N5O2S. The molecule has 4 unspecified atom stereocenters. The van der Waals surface area contributed by atoms with Gasteiger partial charge < -0.3 is 16.8 Å². The van der Waals surface area contributed by atoms with Crippen LogP contribution in [-0.4, -0.2) is 28.4 Å². The van der Waals surface area contributed by atoms with Crippen LogP contribution in [0.3, 0.4) is 0 Å². The number of piperidine rings is 1. The molecule has 0 bridgehead atoms. The molecule has 1 spiro atoms. The highest BCUT2D eigenvalue weighted by atomic mass is 32.1. The number of rotatable bonds is 6. The first-order valence-corrected chi connectivity index (χ1v) is 14.1. The van der Waals surface area contributed by atoms with Crippen molar-refractivity contribution in [2.75, 3.05) is 0 Å². The van der Waals surface area contributed by atoms with E-state index in [0.717, 1.165) is 11.1 Å². The van der Waals surface area contributed by atoms with Crippen LogP contribution in [0.25, 0.3) is 0 Å². The number of nitrogens with two attached hydrogens (primary N) is 2. The van der Waals surface area contributed by atoms with Gasteiger partial charge in [-0.2, -0.15) is 0 Å². The molecule has 8 heteroatoms. The van der Waals surface area contributed by atoms with Crippen LogP contribution in [0.4, 0.5) is 0 Å². The van der Waals surface area contributed by atoms with E-state index in [1.807, 2.05) is 72.8 Å². The Morgan fingerprint density at radius 3 is 1.29 bits per heavy atom. The number of amidine groups is 2. The van der Waals surface area contributed by atoms with Crippen molar-refractivity contribution in [1.29, 1.82) is 0 Å². The monoisotopic (exact) mass is 571 g/mol. The number of nitrogens with one attached hydrogen (secondary N) is 1. The molecule has 4 aromatic rings. The summed E-state index contributed by atoms with van der Waals surface area (Å²) in [5.74, 6) is -2.44. The number of carbonyl (C=O) groups excluding carboxylic acids is 2. The average molecular weight is 572 g/mol. The van der Waals surface area contributed by atoms with Crippen molar-refractivity contribution in [2.24, 2.45) is 38.7 Å². The number of hydrogen-bond acceptors (Lipinski definition) is 6. The summed E-state index contributed by atoms with van der Waals surface area (Å²) in [5.41, 5.74) is 14.8. The summed E-state index contributed by atoms with van der Waals surface area (Å²) < 4.78 is 0. The maximum Gasteiger partial charge on any atom is 0.222 e. The number of Topliss-reactive ketones (excluding diaryl/α,β-unsaturated/α-hetero) is 2. The van der Waals surface area contributed by atoms with Crippen LogP contribution in [0.5, 0.6) is 0 Å². The van der Waals surface area contributed by atoms with E-state index in [9.17, 15) is 9.59 Å². The smallest absolute Gasteiger partial charge is 0.222 e. The molecule has 6 rings (SSSR count). The van der Waals surface area contributed by atoms with E-state index in [4.69, 9.17) is 23.7 Å². The van der Waals surface area contributed by atoms with E-state index >= 15 is 0 Å². The normalized spacial score (nSPS) is 23.1. The number of hydrogen-bond donors (Lipinski definition) is 3. The first kappa shape index (κ1) is 27.4. The number of thiocarbonyl (C=S) groups is 1. The molecule has 4 aromatic carbocycles. The van der Waals surface area contributed by atoms with E-state index in [0.29, 0.717) is 11.1 Å². The molecule has 2 heterocycles. The van der Waals surface area contributed by atoms with Gasteiger partial charge >= 0.3 is 0 Å². The maximum atomic E-state index is 14.8. The molecular weight excluding hydrogens is 542 g/mol. The van der Waals surface area contributed by atoms with Crippen LogP contribution in [0.2, 0.25) is 0 Å². The van der Waals surface area contributed by atoms with Gasteiger partial charge in [-0.15, -0.1) is 0 Å². The van der Waals surface area contributed by atoms with Gasteiger partial charge in [0, 0.05) is 23.2 Å². The Morgan fingerprint density at radius 1 is 0.595 bits per heavy atom. The van der Waals surface area contributed by atoms with E-state index in [1.165, 1.54) is 0 Å². The van der Waals surface area contributed by atoms with Crippen molar-refractivity contribution in [2.45, 2.75) is 12.1 Å². The lowest BCUT2D eigenvalue weighted by Gasteiger charge is -2.55. The molecule has 7 nitrogen and oxygen atoms in total. The van der Waals surface area contributed by atoms with Crippen LogP contribution in [0, 0.1) is 17.3 Å². The Balaban J connectivity index is 1.69. The van der Waals surface area contributed by atoms with Gasteiger partial charge in [-0.3, -0.25) is 9.59 Å². The number of ketones is 2. The summed E-state index contributed by atoms with van der Waals surface area (Å²) in [6, 6.07) is 36.0. The standard InChI is InChI=1S/C34H29N5O2S/c35-31-34(32(36)39-33(42)38-31)25(29(40)23-17-9-3-10-18-23)27(21-13-5-1-6-14-21)37-28(22-15-7-2-8-16-22)26(34)30(41)24-19-11-4-12-20-24/h1-20,25-28,37H,(H4,35,36,38,39,42). The summed E-state index contributed by atoms with van der Waals surface area (Å²) >= 11 is 5.33. The van der Waals surface area contributed by atoms with Crippen LogP contribution in [0.15, 0.2) is 131 Å². The van der Waals surface area contributed by atoms with Gasteiger partial charge in [0.25, 0.3) is 0 Å². The first-order chi connectivity index (χ1) is 20.4. The molecule has 2 aliphatic rings. The third-order valence-corrected chi connectivity index (χ3v) is 8.47. The zero-order valence-corrected chi connectivity index (χ0v) is 23.4. The Kier molecular flexibility index (Phi) is 7.33. The van der Waals surface area contributed by atoms with E-state index in [-0.39, 0.29) is 28.4 Å². The van der Waals surface area contributed by atoms with Crippen LogP contribution >= 0.6 is 12.2 Å². The van der Waals surface area contributed by atoms with E-state index < -0.39 is 29.3 Å². The Hall–Kier alpha value is -4.79. The Morgan fingerprint density at radius 2 is 0.929 bits per heavy atom. The molecule has 208 valence electrons. The number of benzene rings is 4. The minimum Gasteiger partial charge on any atom is -0.386 e. The van der Waals surface area contributed by atoms with E-state index in [1.54, 1.807) is 48.5 Å². The fourth-order valence-electron chi connectivity index (χ4n) is 6.47. The Bertz CT molecular complexity index is 1570. The number of aliphatic imine (C=N–C) groups is 2. The summed E-state index contributed by atoms with van der Waals surface area (Å²) in [6.45, 7) is 0. The third kappa shape index (κ3) is 4.55. The number of carbonyl (C=O) groups is 2. The van der Waals surface area contributed by atoms with Crippen molar-refractivity contribution >= 4 is 40.6 Å². The maximum absolute atomic E-state index is 14.8. The summed E-state index contributed by atoms with van der Waals surface area (Å²) in [4.78, 5) is 38.4. The van der Waals surface area contributed by atoms with Gasteiger partial charge in [-0.1, -0.05) is 121 Å². The lowest BCUT2D eigenvalue weighted by Crippen LogP contribution is -2.69. The lowest BCUT2D eigenvalue weighted by molar-refractivity contribution is 0.0463. The van der Waals surface area contributed by atoms with Crippen LogP contribution in [-0.2, 0) is 0 Å². The largest absolute Gasteiger partial charge is 0.386 e. The van der Waals surface area contributed by atoms with Crippen molar-refractivity contribution in [3.8, 4) is 0 Å². The fourth-order valence-corrected chi connectivity index (χ4v) is 6.66. The SMILES string of the molecule is NC1=NC(=S)N=C(N)C12C(C(=O)c1ccccc1)C(c1ccccc1)NC(c1ccccc1)C2C(=O)c1ccccc1. The molecule has 4 atom stereocenters. The average Bonchev–Trinajstić information content (AvgIpc) is 3.04. The van der Waals surface area contributed by atoms with Crippen molar-refractivity contribution in [3.05, 3.63) is 144 Å². The summed E-state index contributed by atoms with van der Waals surface area (Å²) in [6.07, 6.45) is 0. The second-order valence-electron chi connectivity index (χ2n) is 10.5. The van der Waals surface area contributed by atoms with Crippen molar-refractivity contribution in [3.63, 3.8) is 0 Å². The minimum atomic E-state index is -1.60. The minimum absolute atomic E-state index is 0.00641. The van der Waals surface area contributed by atoms with Gasteiger partial charge in [-0.05, 0) is 23.3 Å². The quantitative estimate of drug-likeness (QED) is 0.219. The number of nitrogens with zero attached hydrogens (tertiary/aromatic N) is 2. The lowest BCUT2D eigenvalue weighted by atomic mass is 9.52. The topological polar surface area (TPSA) is 123 Å². The van der Waals surface area contributed by atoms with Crippen molar-refractivity contribution in [1.82, 2.24) is 5.32 Å². The van der Waals surface area contributed by atoms with Gasteiger partial charge in [0.15, 0.2) is 11.6 Å². The summed E-state index contributed by atoms with van der Waals surface area (Å²) in [7, 11) is 0. The van der Waals surface area contributed by atoms with Gasteiger partial charge in [0.1, 0.15) is 17.1 Å². The van der Waals surface area contributed by atoms with Crippen LogP contribution < -0.4 is 16.8 Å². The molecule has 1 fully saturated rings. The molecule has 0 radical (unpaired) electrons. The molecule has 0 saturated carbocycles. The predicted molar refractivity (Wildman–Crippen MR) is 168 cm³/mol. The zero-order chi connectivity index (χ0) is 29.3. The summed E-state index contributed by atoms with van der Waals surface area (Å²) in [5, 5.41) is 3.67. The molecule has 1 saturated heterocycles. The molecule has 5 N–H and O–H groups in total. The molecule has 0 aliphatic carbocycles. The third-order valence-electron chi connectivity index (χ3n) is 8.29. The molecule has 2 aliphatic heterocycles. The van der Waals surface area contributed by atoms with Crippen LogP contribution in [0.1, 0.15) is 43.9 Å². The molecule has 0 amide bonds. The van der Waals surface area contributed by atoms with Crippen molar-refractivity contribution < 1.29 is 9.59 Å². The highest BCUT2D eigenvalue weighted by Crippen LogP contribution is 2.55. The van der Waals surface area contributed by atoms with E-state index in [2.05, 4.69) is 15.3 Å². The van der Waals surface area contributed by atoms with Gasteiger partial charge in [0.2, 0.25) is 5.11 Å². The second-order valence-corrected chi connectivity index (χ2v) is 10.9. The van der Waals surface area contributed by atoms with Gasteiger partial charge in [-0.25, -0.2) is 9.98 Å². The Labute approximate surface area is 249 Å². The fraction of sp³-hybridized carbons (Fsp3) is 0.147.